The fraction of sp³-hybridized carbons (Fsp3) is 0.520. The molecule has 1 aromatic carbocycles. The van der Waals surface area contributed by atoms with Crippen LogP contribution in [0.1, 0.15) is 57.8 Å². The first-order valence-corrected chi connectivity index (χ1v) is 12.3. The van der Waals surface area contributed by atoms with E-state index in [2.05, 4.69) is 6.07 Å². The molecule has 2 aliphatic rings. The Morgan fingerprint density at radius 3 is 2.32 bits per heavy atom. The van der Waals surface area contributed by atoms with E-state index in [4.69, 9.17) is 4.74 Å². The number of piperazine rings is 1. The second kappa shape index (κ2) is 10.3. The molecule has 0 unspecified atom stereocenters. The Morgan fingerprint density at radius 2 is 1.61 bits per heavy atom. The quantitative estimate of drug-likeness (QED) is 0.695. The lowest BCUT2D eigenvalue weighted by molar-refractivity contribution is -0.132. The fourth-order valence-electron chi connectivity index (χ4n) is 4.47. The SMILES string of the molecule is COc1ccc(CCC(=O)N2CCN(C(=O)c3cc4c(s3)CCCCCC4)CC2)cc1. The highest BCUT2D eigenvalue weighted by Gasteiger charge is 2.26. The van der Waals surface area contributed by atoms with Crippen molar-refractivity contribution in [2.45, 2.75) is 51.4 Å². The molecular formula is C25H32N2O3S. The highest BCUT2D eigenvalue weighted by Crippen LogP contribution is 2.29. The minimum atomic E-state index is 0.141. The first-order chi connectivity index (χ1) is 15.1. The number of nitrogens with zero attached hydrogens (tertiary/aromatic N) is 2. The third-order valence-corrected chi connectivity index (χ3v) is 7.64. The lowest BCUT2D eigenvalue weighted by Crippen LogP contribution is -2.50. The topological polar surface area (TPSA) is 49.9 Å². The Bertz CT molecular complexity index is 872. The Kier molecular flexibility index (Phi) is 7.28. The number of thiophene rings is 1. The molecule has 31 heavy (non-hydrogen) atoms. The standard InChI is InChI=1S/C25H32N2O3S/c1-30-21-11-8-19(9-12-21)10-13-24(28)26-14-16-27(17-15-26)25(29)23-18-20-6-4-2-3-5-7-22(20)31-23/h8-9,11-12,18H,2-7,10,13-17H2,1H3. The van der Waals surface area contributed by atoms with Gasteiger partial charge in [0, 0.05) is 37.5 Å². The zero-order valence-electron chi connectivity index (χ0n) is 18.4. The lowest BCUT2D eigenvalue weighted by atomic mass is 10.00. The van der Waals surface area contributed by atoms with Crippen LogP contribution < -0.4 is 4.74 Å². The number of amides is 2. The normalized spacial score (nSPS) is 16.9. The molecule has 6 heteroatoms. The molecule has 4 rings (SSSR count). The zero-order valence-corrected chi connectivity index (χ0v) is 19.2. The number of ether oxygens (including phenoxy) is 1. The predicted molar refractivity (Wildman–Crippen MR) is 124 cm³/mol. The van der Waals surface area contributed by atoms with Crippen LogP contribution in [0.2, 0.25) is 0 Å². The van der Waals surface area contributed by atoms with Gasteiger partial charge in [0.25, 0.3) is 5.91 Å². The molecule has 1 fully saturated rings. The Balaban J connectivity index is 1.27. The van der Waals surface area contributed by atoms with E-state index in [1.807, 2.05) is 34.1 Å². The number of benzene rings is 1. The molecule has 0 bridgehead atoms. The van der Waals surface area contributed by atoms with Crippen molar-refractivity contribution >= 4 is 23.2 Å². The summed E-state index contributed by atoms with van der Waals surface area (Å²) in [7, 11) is 1.65. The summed E-state index contributed by atoms with van der Waals surface area (Å²) in [5, 5.41) is 0. The van der Waals surface area contributed by atoms with Gasteiger partial charge in [0.2, 0.25) is 5.91 Å². The summed E-state index contributed by atoms with van der Waals surface area (Å²) in [6.07, 6.45) is 8.51. The first kappa shape index (κ1) is 21.9. The maximum atomic E-state index is 13.1. The summed E-state index contributed by atoms with van der Waals surface area (Å²) in [5.74, 6) is 1.14. The Hall–Kier alpha value is -2.34. The van der Waals surface area contributed by atoms with Crippen LogP contribution in [0.15, 0.2) is 30.3 Å². The van der Waals surface area contributed by atoms with E-state index in [-0.39, 0.29) is 11.8 Å². The summed E-state index contributed by atoms with van der Waals surface area (Å²) < 4.78 is 5.18. The first-order valence-electron chi connectivity index (χ1n) is 11.5. The van der Waals surface area contributed by atoms with Gasteiger partial charge in [0.1, 0.15) is 5.75 Å². The summed E-state index contributed by atoms with van der Waals surface area (Å²) in [5.41, 5.74) is 2.52. The van der Waals surface area contributed by atoms with Gasteiger partial charge in [-0.3, -0.25) is 9.59 Å². The van der Waals surface area contributed by atoms with Gasteiger partial charge in [-0.25, -0.2) is 0 Å². The van der Waals surface area contributed by atoms with Crippen molar-refractivity contribution in [2.24, 2.45) is 0 Å². The molecule has 0 spiro atoms. The highest BCUT2D eigenvalue weighted by atomic mass is 32.1. The highest BCUT2D eigenvalue weighted by molar-refractivity contribution is 7.14. The van der Waals surface area contributed by atoms with Crippen LogP contribution in [0.3, 0.4) is 0 Å². The van der Waals surface area contributed by atoms with Crippen LogP contribution in [-0.2, 0) is 24.1 Å². The van der Waals surface area contributed by atoms with Crippen LogP contribution in [0.5, 0.6) is 5.75 Å². The van der Waals surface area contributed by atoms with Crippen LogP contribution in [0.25, 0.3) is 0 Å². The fourth-order valence-corrected chi connectivity index (χ4v) is 5.69. The predicted octanol–water partition coefficient (Wildman–Crippen LogP) is 4.33. The van der Waals surface area contributed by atoms with Gasteiger partial charge in [-0.1, -0.05) is 25.0 Å². The molecule has 2 amide bonds. The molecular weight excluding hydrogens is 408 g/mol. The summed E-state index contributed by atoms with van der Waals surface area (Å²) in [6.45, 7) is 2.49. The van der Waals surface area contributed by atoms with Gasteiger partial charge in [0.15, 0.2) is 0 Å². The van der Waals surface area contributed by atoms with Crippen molar-refractivity contribution in [2.75, 3.05) is 33.3 Å². The molecule has 1 aliphatic heterocycles. The van der Waals surface area contributed by atoms with Gasteiger partial charge >= 0.3 is 0 Å². The van der Waals surface area contributed by atoms with Crippen molar-refractivity contribution in [3.8, 4) is 5.75 Å². The van der Waals surface area contributed by atoms with Crippen molar-refractivity contribution < 1.29 is 14.3 Å². The molecule has 0 N–H and O–H groups in total. The number of methoxy groups -OCH3 is 1. The van der Waals surface area contributed by atoms with Crippen molar-refractivity contribution in [1.82, 2.24) is 9.80 Å². The van der Waals surface area contributed by atoms with Gasteiger partial charge in [-0.2, -0.15) is 0 Å². The number of hydrogen-bond donors (Lipinski definition) is 0. The molecule has 0 saturated carbocycles. The molecule has 1 saturated heterocycles. The molecule has 1 aromatic heterocycles. The van der Waals surface area contributed by atoms with E-state index >= 15 is 0 Å². The van der Waals surface area contributed by atoms with E-state index in [0.29, 0.717) is 32.6 Å². The van der Waals surface area contributed by atoms with Crippen LogP contribution in [0.4, 0.5) is 0 Å². The Morgan fingerprint density at radius 1 is 0.935 bits per heavy atom. The maximum absolute atomic E-state index is 13.1. The third-order valence-electron chi connectivity index (χ3n) is 6.41. The van der Waals surface area contributed by atoms with E-state index in [1.54, 1.807) is 18.4 Å². The number of carbonyl (C=O) groups is 2. The molecule has 2 heterocycles. The van der Waals surface area contributed by atoms with E-state index in [0.717, 1.165) is 35.5 Å². The minimum absolute atomic E-state index is 0.141. The van der Waals surface area contributed by atoms with E-state index < -0.39 is 0 Å². The second-order valence-electron chi connectivity index (χ2n) is 8.49. The van der Waals surface area contributed by atoms with Gasteiger partial charge in [-0.15, -0.1) is 11.3 Å². The second-order valence-corrected chi connectivity index (χ2v) is 9.63. The number of aryl methyl sites for hydroxylation is 3. The van der Waals surface area contributed by atoms with Gasteiger partial charge in [0.05, 0.1) is 12.0 Å². The number of rotatable bonds is 5. The third kappa shape index (κ3) is 5.48. The Labute approximate surface area is 189 Å². The van der Waals surface area contributed by atoms with Gasteiger partial charge in [-0.05, 0) is 61.4 Å². The number of fused-ring (bicyclic) bond motifs is 1. The summed E-state index contributed by atoms with van der Waals surface area (Å²) in [6, 6.07) is 10.0. The zero-order chi connectivity index (χ0) is 21.6. The summed E-state index contributed by atoms with van der Waals surface area (Å²) >= 11 is 1.69. The molecule has 0 atom stereocenters. The largest absolute Gasteiger partial charge is 0.497 e. The average Bonchev–Trinajstić information content (AvgIpc) is 3.19. The monoisotopic (exact) mass is 440 g/mol. The van der Waals surface area contributed by atoms with Crippen molar-refractivity contribution in [3.63, 3.8) is 0 Å². The molecule has 1 aliphatic carbocycles. The average molecular weight is 441 g/mol. The molecule has 166 valence electrons. The van der Waals surface area contributed by atoms with E-state index in [9.17, 15) is 9.59 Å². The van der Waals surface area contributed by atoms with Gasteiger partial charge < -0.3 is 14.5 Å². The molecule has 5 nitrogen and oxygen atoms in total. The van der Waals surface area contributed by atoms with Crippen molar-refractivity contribution in [1.29, 1.82) is 0 Å². The number of carbonyl (C=O) groups excluding carboxylic acids is 2. The van der Waals surface area contributed by atoms with Crippen LogP contribution in [0, 0.1) is 0 Å². The summed E-state index contributed by atoms with van der Waals surface area (Å²) in [4.78, 5) is 31.8. The lowest BCUT2D eigenvalue weighted by Gasteiger charge is -2.34. The number of hydrogen-bond acceptors (Lipinski definition) is 4. The van der Waals surface area contributed by atoms with Crippen LogP contribution >= 0.6 is 11.3 Å². The smallest absolute Gasteiger partial charge is 0.264 e. The maximum Gasteiger partial charge on any atom is 0.264 e. The van der Waals surface area contributed by atoms with E-state index in [1.165, 1.54) is 36.1 Å². The molecule has 0 radical (unpaired) electrons. The van der Waals surface area contributed by atoms with Crippen molar-refractivity contribution in [3.05, 3.63) is 51.2 Å². The van der Waals surface area contributed by atoms with Crippen LogP contribution in [-0.4, -0.2) is 54.9 Å². The minimum Gasteiger partial charge on any atom is -0.497 e. The molecule has 2 aromatic rings.